The molecule has 0 unspecified atom stereocenters. The average molecular weight is 284 g/mol. The molecule has 112 valence electrons. The van der Waals surface area contributed by atoms with Gasteiger partial charge in [-0.1, -0.05) is 18.2 Å². The molecule has 2 aliphatic rings. The van der Waals surface area contributed by atoms with Crippen LogP contribution in [0.15, 0.2) is 30.4 Å². The minimum absolute atomic E-state index is 0.855. The molecule has 3 nitrogen and oxygen atoms in total. The van der Waals surface area contributed by atoms with Crippen molar-refractivity contribution in [3.05, 3.63) is 41.5 Å². The molecule has 3 heteroatoms. The third-order valence-electron chi connectivity index (χ3n) is 4.49. The molecule has 0 bridgehead atoms. The van der Waals surface area contributed by atoms with Crippen molar-refractivity contribution in [3.8, 4) is 0 Å². The molecule has 0 spiro atoms. The predicted molar refractivity (Wildman–Crippen MR) is 88.5 cm³/mol. The van der Waals surface area contributed by atoms with E-state index in [1.165, 1.54) is 41.5 Å². The van der Waals surface area contributed by atoms with Gasteiger partial charge in [0, 0.05) is 24.3 Å². The molecule has 1 aromatic rings. The third-order valence-corrected chi connectivity index (χ3v) is 4.49. The highest BCUT2D eigenvalue weighted by atomic mass is 16.7. The molecular weight excluding hydrogens is 260 g/mol. The van der Waals surface area contributed by atoms with Crippen LogP contribution in [-0.2, 0) is 4.84 Å². The van der Waals surface area contributed by atoms with Crippen LogP contribution >= 0.6 is 0 Å². The number of nitrogens with zero attached hydrogens (tertiary/aromatic N) is 1. The largest absolute Gasteiger partial charge is 0.398 e. The Balaban J connectivity index is 1.87. The van der Waals surface area contributed by atoms with Gasteiger partial charge in [0.15, 0.2) is 0 Å². The maximum absolute atomic E-state index is 6.20. The van der Waals surface area contributed by atoms with Crippen molar-refractivity contribution in [2.75, 3.05) is 25.9 Å². The van der Waals surface area contributed by atoms with Crippen molar-refractivity contribution in [3.63, 3.8) is 0 Å². The second-order valence-corrected chi connectivity index (χ2v) is 5.83. The van der Waals surface area contributed by atoms with Crippen LogP contribution in [0.2, 0.25) is 0 Å². The van der Waals surface area contributed by atoms with Gasteiger partial charge in [-0.2, -0.15) is 5.06 Å². The van der Waals surface area contributed by atoms with Gasteiger partial charge in [0.05, 0.1) is 7.11 Å². The van der Waals surface area contributed by atoms with Gasteiger partial charge in [-0.05, 0) is 60.9 Å². The molecule has 0 atom stereocenters. The second-order valence-electron chi connectivity index (χ2n) is 5.83. The summed E-state index contributed by atoms with van der Waals surface area (Å²) in [6.45, 7) is 1.80. The topological polar surface area (TPSA) is 38.5 Å². The van der Waals surface area contributed by atoms with Gasteiger partial charge in [0.2, 0.25) is 0 Å². The molecule has 21 heavy (non-hydrogen) atoms. The smallest absolute Gasteiger partial charge is 0.0575 e. The fraction of sp³-hybridized carbons (Fsp3) is 0.444. The van der Waals surface area contributed by atoms with E-state index in [4.69, 9.17) is 10.6 Å². The third kappa shape index (κ3) is 3.20. The maximum atomic E-state index is 6.20. The van der Waals surface area contributed by atoms with Crippen molar-refractivity contribution >= 4 is 16.8 Å². The van der Waals surface area contributed by atoms with Gasteiger partial charge < -0.3 is 10.6 Å². The van der Waals surface area contributed by atoms with Crippen LogP contribution in [0.5, 0.6) is 0 Å². The molecule has 1 heterocycles. The number of benzene rings is 1. The normalized spacial score (nSPS) is 20.0. The fourth-order valence-electron chi connectivity index (χ4n) is 3.20. The van der Waals surface area contributed by atoms with Crippen molar-refractivity contribution in [2.45, 2.75) is 32.1 Å². The fourth-order valence-corrected chi connectivity index (χ4v) is 3.20. The molecule has 1 aromatic carbocycles. The Labute approximate surface area is 127 Å². The van der Waals surface area contributed by atoms with Crippen LogP contribution in [0.1, 0.15) is 43.2 Å². The highest BCUT2D eigenvalue weighted by Gasteiger charge is 2.15. The predicted octanol–water partition coefficient (Wildman–Crippen LogP) is 3.88. The summed E-state index contributed by atoms with van der Waals surface area (Å²) in [6, 6.07) is 6.49. The summed E-state index contributed by atoms with van der Waals surface area (Å²) in [5.74, 6) is 0. The molecule has 0 radical (unpaired) electrons. The minimum atomic E-state index is 0.855. The average Bonchev–Trinajstić information content (AvgIpc) is 2.56. The molecular formula is C18H24N2O. The Bertz CT molecular complexity index is 575. The number of rotatable bonds is 3. The Morgan fingerprint density at radius 2 is 2.00 bits per heavy atom. The van der Waals surface area contributed by atoms with Gasteiger partial charge in [-0.3, -0.25) is 0 Å². The number of hydrogen-bond donors (Lipinski definition) is 1. The summed E-state index contributed by atoms with van der Waals surface area (Å²) in [5, 5.41) is 1.98. The minimum Gasteiger partial charge on any atom is -0.398 e. The first-order chi connectivity index (χ1) is 10.3. The van der Waals surface area contributed by atoms with Crippen LogP contribution in [0.3, 0.4) is 0 Å². The standard InChI is InChI=1S/C18H24N2O/c1-21-20-11-9-14(10-12-20)16-7-8-18(19)17(13-16)15-5-3-2-4-6-15/h5,7-9,13H,2-4,6,10-12,19H2,1H3. The van der Waals surface area contributed by atoms with Gasteiger partial charge in [-0.15, -0.1) is 0 Å². The second kappa shape index (κ2) is 6.46. The SMILES string of the molecule is CON1CC=C(c2ccc(N)c(C3=CCCCC3)c2)CC1. The number of nitrogen functional groups attached to an aromatic ring is 1. The van der Waals surface area contributed by atoms with Gasteiger partial charge in [0.1, 0.15) is 0 Å². The van der Waals surface area contributed by atoms with E-state index in [1.807, 2.05) is 5.06 Å². The first kappa shape index (κ1) is 14.4. The van der Waals surface area contributed by atoms with Gasteiger partial charge in [-0.25, -0.2) is 0 Å². The Morgan fingerprint density at radius 3 is 2.67 bits per heavy atom. The van der Waals surface area contributed by atoms with E-state index in [0.717, 1.165) is 31.6 Å². The summed E-state index contributed by atoms with van der Waals surface area (Å²) in [7, 11) is 1.73. The lowest BCUT2D eigenvalue weighted by Crippen LogP contribution is -2.27. The van der Waals surface area contributed by atoms with Crippen molar-refractivity contribution < 1.29 is 4.84 Å². The zero-order valence-electron chi connectivity index (χ0n) is 12.8. The molecule has 1 aliphatic carbocycles. The maximum Gasteiger partial charge on any atom is 0.0575 e. The van der Waals surface area contributed by atoms with E-state index in [9.17, 15) is 0 Å². The van der Waals surface area contributed by atoms with E-state index < -0.39 is 0 Å². The lowest BCUT2D eigenvalue weighted by atomic mass is 9.90. The number of allylic oxidation sites excluding steroid dienone is 2. The van der Waals surface area contributed by atoms with Crippen LogP contribution < -0.4 is 5.73 Å². The van der Waals surface area contributed by atoms with Crippen molar-refractivity contribution in [1.82, 2.24) is 5.06 Å². The Kier molecular flexibility index (Phi) is 4.42. The van der Waals surface area contributed by atoms with E-state index in [1.54, 1.807) is 7.11 Å². The Hall–Kier alpha value is -1.58. The number of nitrogens with two attached hydrogens (primary N) is 1. The quantitative estimate of drug-likeness (QED) is 0.856. The van der Waals surface area contributed by atoms with Crippen molar-refractivity contribution in [2.24, 2.45) is 0 Å². The van der Waals surface area contributed by atoms with Crippen LogP contribution in [0.4, 0.5) is 5.69 Å². The first-order valence-electron chi connectivity index (χ1n) is 7.85. The summed E-state index contributed by atoms with van der Waals surface area (Å²) in [5.41, 5.74) is 12.5. The van der Waals surface area contributed by atoms with Crippen molar-refractivity contribution in [1.29, 1.82) is 0 Å². The highest BCUT2D eigenvalue weighted by molar-refractivity contribution is 5.79. The lowest BCUT2D eigenvalue weighted by molar-refractivity contribution is -0.122. The molecule has 0 saturated heterocycles. The molecule has 0 fully saturated rings. The highest BCUT2D eigenvalue weighted by Crippen LogP contribution is 2.33. The molecule has 1 aliphatic heterocycles. The molecule has 0 amide bonds. The summed E-state index contributed by atoms with van der Waals surface area (Å²) < 4.78 is 0. The van der Waals surface area contributed by atoms with E-state index >= 15 is 0 Å². The Morgan fingerprint density at radius 1 is 1.10 bits per heavy atom. The van der Waals surface area contributed by atoms with Crippen LogP contribution in [-0.4, -0.2) is 25.3 Å². The number of hydrogen-bond acceptors (Lipinski definition) is 3. The van der Waals surface area contributed by atoms with E-state index in [0.29, 0.717) is 0 Å². The number of hydroxylamine groups is 2. The van der Waals surface area contributed by atoms with E-state index in [-0.39, 0.29) is 0 Å². The zero-order valence-corrected chi connectivity index (χ0v) is 12.8. The van der Waals surface area contributed by atoms with Gasteiger partial charge >= 0.3 is 0 Å². The molecule has 2 N–H and O–H groups in total. The van der Waals surface area contributed by atoms with Crippen LogP contribution in [0, 0.1) is 0 Å². The zero-order chi connectivity index (χ0) is 14.7. The summed E-state index contributed by atoms with van der Waals surface area (Å²) in [4.78, 5) is 5.27. The van der Waals surface area contributed by atoms with E-state index in [2.05, 4.69) is 30.4 Å². The van der Waals surface area contributed by atoms with Gasteiger partial charge in [0.25, 0.3) is 0 Å². The molecule has 3 rings (SSSR count). The number of anilines is 1. The monoisotopic (exact) mass is 284 g/mol. The first-order valence-corrected chi connectivity index (χ1v) is 7.85. The summed E-state index contributed by atoms with van der Waals surface area (Å²) in [6.07, 6.45) is 10.6. The van der Waals surface area contributed by atoms with Crippen LogP contribution in [0.25, 0.3) is 11.1 Å². The molecule has 0 saturated carbocycles. The summed E-state index contributed by atoms with van der Waals surface area (Å²) >= 11 is 0. The molecule has 0 aromatic heterocycles. The lowest BCUT2D eigenvalue weighted by Gasteiger charge is -2.24.